The molecule has 20 heavy (non-hydrogen) atoms. The Morgan fingerprint density at radius 3 is 2.45 bits per heavy atom. The molecule has 0 N–H and O–H groups in total. The van der Waals surface area contributed by atoms with Gasteiger partial charge in [-0.15, -0.1) is 0 Å². The van der Waals surface area contributed by atoms with Crippen LogP contribution in [0.5, 0.6) is 0 Å². The summed E-state index contributed by atoms with van der Waals surface area (Å²) in [5.41, 5.74) is -0.425. The Morgan fingerprint density at radius 1 is 1.25 bits per heavy atom. The molecule has 0 amide bonds. The lowest BCUT2D eigenvalue weighted by atomic mass is 10.1. The van der Waals surface area contributed by atoms with Crippen molar-refractivity contribution in [1.29, 1.82) is 0 Å². The van der Waals surface area contributed by atoms with Crippen LogP contribution < -0.4 is 0 Å². The first-order valence-corrected chi connectivity index (χ1v) is 7.40. The number of halogens is 3. The molecule has 0 saturated carbocycles. The Bertz CT molecular complexity index is 518. The Labute approximate surface area is 125 Å². The van der Waals surface area contributed by atoms with E-state index < -0.39 is 22.4 Å². The largest absolute Gasteiger partial charge is 0.287 e. The molecule has 0 aliphatic heterocycles. The molecule has 0 radical (unpaired) electrons. The Hall–Kier alpha value is -0.940. The van der Waals surface area contributed by atoms with Crippen LogP contribution in [0.4, 0.5) is 8.78 Å². The lowest BCUT2D eigenvalue weighted by molar-refractivity contribution is -0.111. The van der Waals surface area contributed by atoms with E-state index in [9.17, 15) is 18.4 Å². The summed E-state index contributed by atoms with van der Waals surface area (Å²) in [4.78, 5) is 22.6. The van der Waals surface area contributed by atoms with E-state index in [0.717, 1.165) is 12.5 Å². The van der Waals surface area contributed by atoms with Crippen LogP contribution in [0.3, 0.4) is 0 Å². The molecular formula is C14H15ClF2O2S. The highest BCUT2D eigenvalue weighted by atomic mass is 35.5. The van der Waals surface area contributed by atoms with E-state index in [1.807, 2.05) is 0 Å². The molecule has 0 spiro atoms. The highest BCUT2D eigenvalue weighted by Gasteiger charge is 2.17. The normalized spacial score (nSPS) is 10.9. The SMILES string of the molecule is CC(C)CCCC(=O)Sc1cc(C(=O)Cl)c(F)cc1F. The maximum atomic E-state index is 13.5. The zero-order chi connectivity index (χ0) is 15.3. The molecule has 0 aliphatic carbocycles. The second-order valence-electron chi connectivity index (χ2n) is 4.80. The van der Waals surface area contributed by atoms with Gasteiger partial charge in [0.05, 0.1) is 10.5 Å². The standard InChI is InChI=1S/C14H15ClF2O2S/c1-8(2)4-3-5-13(18)20-12-6-9(14(15)19)10(16)7-11(12)17/h6-8H,3-5H2,1-2H3. The number of hydrogen-bond acceptors (Lipinski definition) is 3. The third-order valence-corrected chi connectivity index (χ3v) is 3.79. The van der Waals surface area contributed by atoms with Crippen LogP contribution in [0.25, 0.3) is 0 Å². The van der Waals surface area contributed by atoms with Crippen molar-refractivity contribution in [3.63, 3.8) is 0 Å². The Balaban J connectivity index is 2.74. The van der Waals surface area contributed by atoms with E-state index in [4.69, 9.17) is 11.6 Å². The molecule has 0 fully saturated rings. The number of benzene rings is 1. The minimum absolute atomic E-state index is 0.0788. The predicted molar refractivity (Wildman–Crippen MR) is 76.1 cm³/mol. The lowest BCUT2D eigenvalue weighted by Crippen LogP contribution is -2.00. The molecule has 0 atom stereocenters. The van der Waals surface area contributed by atoms with Gasteiger partial charge in [0, 0.05) is 12.5 Å². The first-order chi connectivity index (χ1) is 9.31. The minimum Gasteiger partial charge on any atom is -0.287 e. The number of thioether (sulfide) groups is 1. The van der Waals surface area contributed by atoms with Crippen LogP contribution in [0.2, 0.25) is 0 Å². The maximum Gasteiger partial charge on any atom is 0.255 e. The van der Waals surface area contributed by atoms with E-state index in [1.165, 1.54) is 0 Å². The number of carbonyl (C=O) groups is 2. The average Bonchev–Trinajstić information content (AvgIpc) is 2.31. The van der Waals surface area contributed by atoms with E-state index >= 15 is 0 Å². The van der Waals surface area contributed by atoms with Gasteiger partial charge in [0.1, 0.15) is 11.6 Å². The quantitative estimate of drug-likeness (QED) is 0.558. The number of carbonyl (C=O) groups excluding carboxylic acids is 2. The smallest absolute Gasteiger partial charge is 0.255 e. The van der Waals surface area contributed by atoms with E-state index in [2.05, 4.69) is 13.8 Å². The van der Waals surface area contributed by atoms with Gasteiger partial charge in [0.25, 0.3) is 5.24 Å². The summed E-state index contributed by atoms with van der Waals surface area (Å²) in [5, 5.41) is -1.24. The van der Waals surface area contributed by atoms with Gasteiger partial charge in [-0.1, -0.05) is 20.3 Å². The van der Waals surface area contributed by atoms with Crippen molar-refractivity contribution in [2.24, 2.45) is 5.92 Å². The molecule has 1 aromatic rings. The van der Waals surface area contributed by atoms with Crippen molar-refractivity contribution in [3.05, 3.63) is 29.3 Å². The second-order valence-corrected chi connectivity index (χ2v) is 6.24. The van der Waals surface area contributed by atoms with Crippen LogP contribution in [-0.2, 0) is 4.79 Å². The summed E-state index contributed by atoms with van der Waals surface area (Å²) in [6, 6.07) is 1.55. The van der Waals surface area contributed by atoms with Gasteiger partial charge >= 0.3 is 0 Å². The molecule has 2 nitrogen and oxygen atoms in total. The van der Waals surface area contributed by atoms with Crippen molar-refractivity contribution < 1.29 is 18.4 Å². The molecule has 0 saturated heterocycles. The van der Waals surface area contributed by atoms with E-state index in [1.54, 1.807) is 0 Å². The van der Waals surface area contributed by atoms with Gasteiger partial charge in [0.2, 0.25) is 0 Å². The van der Waals surface area contributed by atoms with Crippen molar-refractivity contribution in [3.8, 4) is 0 Å². The maximum absolute atomic E-state index is 13.5. The molecule has 0 aliphatic rings. The molecule has 0 heterocycles. The van der Waals surface area contributed by atoms with Crippen LogP contribution in [-0.4, -0.2) is 10.4 Å². The van der Waals surface area contributed by atoms with Crippen molar-refractivity contribution >= 4 is 33.7 Å². The molecule has 110 valence electrons. The first kappa shape index (κ1) is 17.1. The fourth-order valence-electron chi connectivity index (χ4n) is 1.59. The molecule has 0 aromatic heterocycles. The van der Waals surface area contributed by atoms with Crippen molar-refractivity contribution in [1.82, 2.24) is 0 Å². The van der Waals surface area contributed by atoms with Gasteiger partial charge in [-0.25, -0.2) is 8.78 Å². The van der Waals surface area contributed by atoms with Crippen LogP contribution >= 0.6 is 23.4 Å². The third kappa shape index (κ3) is 5.21. The number of rotatable bonds is 6. The van der Waals surface area contributed by atoms with Crippen LogP contribution in [0.1, 0.15) is 43.5 Å². The van der Waals surface area contributed by atoms with E-state index in [-0.39, 0.29) is 10.0 Å². The van der Waals surface area contributed by atoms with Gasteiger partial charge < -0.3 is 0 Å². The molecule has 6 heteroatoms. The van der Waals surface area contributed by atoms with E-state index in [0.29, 0.717) is 36.6 Å². The summed E-state index contributed by atoms with van der Waals surface area (Å²) < 4.78 is 26.8. The lowest BCUT2D eigenvalue weighted by Gasteiger charge is -2.06. The highest BCUT2D eigenvalue weighted by molar-refractivity contribution is 8.13. The molecular weight excluding hydrogens is 306 g/mol. The zero-order valence-corrected chi connectivity index (χ0v) is 12.8. The highest BCUT2D eigenvalue weighted by Crippen LogP contribution is 2.28. The fourth-order valence-corrected chi connectivity index (χ4v) is 2.56. The second kappa shape index (κ2) is 7.74. The zero-order valence-electron chi connectivity index (χ0n) is 11.2. The molecule has 1 aromatic carbocycles. The van der Waals surface area contributed by atoms with Crippen molar-refractivity contribution in [2.45, 2.75) is 38.0 Å². The predicted octanol–water partition coefficient (Wildman–Crippen LogP) is 4.79. The molecule has 0 unspecified atom stereocenters. The van der Waals surface area contributed by atoms with Gasteiger partial charge in [0.15, 0.2) is 5.12 Å². The summed E-state index contributed by atoms with van der Waals surface area (Å²) in [6.45, 7) is 4.10. The van der Waals surface area contributed by atoms with Crippen LogP contribution in [0.15, 0.2) is 17.0 Å². The van der Waals surface area contributed by atoms with Crippen LogP contribution in [0, 0.1) is 17.6 Å². The topological polar surface area (TPSA) is 34.1 Å². The van der Waals surface area contributed by atoms with Crippen molar-refractivity contribution in [2.75, 3.05) is 0 Å². The summed E-state index contributed by atoms with van der Waals surface area (Å²) in [6.07, 6.45) is 1.93. The minimum atomic E-state index is -1.03. The van der Waals surface area contributed by atoms with Gasteiger partial charge in [-0.05, 0) is 41.8 Å². The monoisotopic (exact) mass is 320 g/mol. The Kier molecular flexibility index (Phi) is 6.62. The fraction of sp³-hybridized carbons (Fsp3) is 0.429. The van der Waals surface area contributed by atoms with Gasteiger partial charge in [-0.3, -0.25) is 9.59 Å². The molecule has 1 rings (SSSR count). The Morgan fingerprint density at radius 2 is 1.90 bits per heavy atom. The summed E-state index contributed by atoms with van der Waals surface area (Å²) in [5.74, 6) is -1.40. The molecule has 0 bridgehead atoms. The summed E-state index contributed by atoms with van der Waals surface area (Å²) in [7, 11) is 0. The van der Waals surface area contributed by atoms with Gasteiger partial charge in [-0.2, -0.15) is 0 Å². The first-order valence-electron chi connectivity index (χ1n) is 6.20. The number of hydrogen-bond donors (Lipinski definition) is 0. The average molecular weight is 321 g/mol. The summed E-state index contributed by atoms with van der Waals surface area (Å²) >= 11 is 5.86. The third-order valence-electron chi connectivity index (χ3n) is 2.62.